The zero-order valence-corrected chi connectivity index (χ0v) is 29.5. The van der Waals surface area contributed by atoms with Crippen molar-refractivity contribution in [2.24, 2.45) is 0 Å². The van der Waals surface area contributed by atoms with Crippen molar-refractivity contribution in [1.82, 2.24) is 33.5 Å². The number of imidazole rings is 2. The molecule has 0 radical (unpaired) electrons. The van der Waals surface area contributed by atoms with E-state index in [1.54, 1.807) is 0 Å². The first-order chi connectivity index (χ1) is 27.3. The van der Waals surface area contributed by atoms with Gasteiger partial charge in [-0.1, -0.05) is 146 Å². The van der Waals surface area contributed by atoms with Gasteiger partial charge in [-0.25, -0.2) is 14.5 Å². The van der Waals surface area contributed by atoms with Crippen molar-refractivity contribution in [3.63, 3.8) is 0 Å². The molecular weight excluding hydrogens is 675 g/mol. The summed E-state index contributed by atoms with van der Waals surface area (Å²) in [4.78, 5) is 20.8. The van der Waals surface area contributed by atoms with Crippen LogP contribution in [-0.2, 0) is 0 Å². The van der Waals surface area contributed by atoms with Crippen LogP contribution < -0.4 is 0 Å². The van der Waals surface area contributed by atoms with E-state index in [9.17, 15) is 0 Å². The van der Waals surface area contributed by atoms with Crippen LogP contribution in [0.4, 0.5) is 0 Å². The highest BCUT2D eigenvalue weighted by Crippen LogP contribution is 2.40. The summed E-state index contributed by atoms with van der Waals surface area (Å²) in [6.07, 6.45) is 0. The summed E-state index contributed by atoms with van der Waals surface area (Å²) in [5, 5.41) is 2.37. The largest absolute Gasteiger partial charge is 0.309 e. The molecule has 55 heavy (non-hydrogen) atoms. The molecule has 7 heteroatoms. The van der Waals surface area contributed by atoms with Crippen molar-refractivity contribution in [2.75, 3.05) is 0 Å². The minimum absolute atomic E-state index is 0.497. The summed E-state index contributed by atoms with van der Waals surface area (Å²) in [5.74, 6) is 2.40. The Kier molecular flexibility index (Phi) is 7.03. The first kappa shape index (κ1) is 30.9. The van der Waals surface area contributed by atoms with Gasteiger partial charge in [0.15, 0.2) is 11.6 Å². The summed E-state index contributed by atoms with van der Waals surface area (Å²) in [7, 11) is 0. The van der Waals surface area contributed by atoms with Gasteiger partial charge in [0.1, 0.15) is 0 Å². The molecule has 0 saturated heterocycles. The molecule has 0 amide bonds. The van der Waals surface area contributed by atoms with Gasteiger partial charge >= 0.3 is 0 Å². The predicted octanol–water partition coefficient (Wildman–Crippen LogP) is 11.2. The van der Waals surface area contributed by atoms with E-state index in [1.165, 1.54) is 10.8 Å². The molecule has 258 valence electrons. The highest BCUT2D eigenvalue weighted by atomic mass is 15.3. The van der Waals surface area contributed by atoms with Gasteiger partial charge in [0.05, 0.1) is 33.5 Å². The number of para-hydroxylation sites is 4. The van der Waals surface area contributed by atoms with E-state index in [4.69, 9.17) is 19.9 Å². The smallest absolute Gasteiger partial charge is 0.241 e. The number of hydrogen-bond acceptors (Lipinski definition) is 4. The van der Waals surface area contributed by atoms with Crippen LogP contribution in [0.25, 0.3) is 95.5 Å². The van der Waals surface area contributed by atoms with Crippen LogP contribution in [0.1, 0.15) is 0 Å². The molecule has 4 aromatic heterocycles. The first-order valence-corrected chi connectivity index (χ1v) is 18.3. The number of fused-ring (bicyclic) bond motifs is 6. The van der Waals surface area contributed by atoms with Crippen LogP contribution >= 0.6 is 0 Å². The van der Waals surface area contributed by atoms with Crippen LogP contribution in [0.3, 0.4) is 0 Å². The highest BCUT2D eigenvalue weighted by molar-refractivity contribution is 6.11. The zero-order valence-electron chi connectivity index (χ0n) is 29.5. The van der Waals surface area contributed by atoms with Crippen molar-refractivity contribution >= 4 is 38.6 Å². The number of hydrogen-bond donors (Lipinski definition) is 0. The van der Waals surface area contributed by atoms with Gasteiger partial charge in [0, 0.05) is 38.7 Å². The lowest BCUT2D eigenvalue weighted by atomic mass is 10.0. The van der Waals surface area contributed by atoms with E-state index in [0.29, 0.717) is 23.4 Å². The van der Waals surface area contributed by atoms with E-state index in [-0.39, 0.29) is 0 Å². The van der Waals surface area contributed by atoms with Crippen LogP contribution in [0.15, 0.2) is 188 Å². The van der Waals surface area contributed by atoms with Crippen molar-refractivity contribution < 1.29 is 0 Å². The maximum absolute atomic E-state index is 5.49. The van der Waals surface area contributed by atoms with Gasteiger partial charge in [0.25, 0.3) is 0 Å². The molecule has 4 heterocycles. The lowest BCUT2D eigenvalue weighted by molar-refractivity contribution is 0.936. The molecule has 0 aliphatic carbocycles. The van der Waals surface area contributed by atoms with Crippen molar-refractivity contribution in [1.29, 1.82) is 0 Å². The van der Waals surface area contributed by atoms with Gasteiger partial charge in [-0.2, -0.15) is 9.97 Å². The second kappa shape index (κ2) is 12.5. The lowest BCUT2D eigenvalue weighted by Gasteiger charge is -2.09. The second-order valence-corrected chi connectivity index (χ2v) is 13.6. The summed E-state index contributed by atoms with van der Waals surface area (Å²) in [6, 6.07) is 65.0. The molecule has 11 aromatic rings. The van der Waals surface area contributed by atoms with E-state index in [2.05, 4.69) is 135 Å². The lowest BCUT2D eigenvalue weighted by Crippen LogP contribution is -2.07. The fraction of sp³-hybridized carbons (Fsp3) is 0. The van der Waals surface area contributed by atoms with Crippen molar-refractivity contribution in [3.8, 4) is 56.9 Å². The normalized spacial score (nSPS) is 11.6. The van der Waals surface area contributed by atoms with Crippen molar-refractivity contribution in [2.45, 2.75) is 0 Å². The topological polar surface area (TPSA) is 65.8 Å². The molecular formula is C48H31N7. The standard InChI is InChI=1S/C48H31N7/c1-5-17-32(18-6-1)43-44(35-29-30-40-38(31-35)37-25-13-14-26-39(37)53(40)36-23-11-4-12-24-36)54-41-27-15-16-28-42(41)55(48(54)49-43)47-51-45(33-19-7-2-8-20-33)50-46(52-47)34-21-9-3-10-22-34/h1-31H. The number of nitrogens with zero attached hydrogens (tertiary/aromatic N) is 7. The Hall–Kier alpha value is -7.64. The average Bonchev–Trinajstić information content (AvgIpc) is 3.92. The quantitative estimate of drug-likeness (QED) is 0.173. The Morgan fingerprint density at radius 1 is 0.345 bits per heavy atom. The number of rotatable bonds is 6. The minimum Gasteiger partial charge on any atom is -0.309 e. The van der Waals surface area contributed by atoms with Crippen molar-refractivity contribution in [3.05, 3.63) is 188 Å². The second-order valence-electron chi connectivity index (χ2n) is 13.6. The number of aromatic nitrogens is 7. The van der Waals surface area contributed by atoms with Gasteiger partial charge in [-0.15, -0.1) is 0 Å². The summed E-state index contributed by atoms with van der Waals surface area (Å²) in [6.45, 7) is 0. The summed E-state index contributed by atoms with van der Waals surface area (Å²) in [5.41, 5.74) is 11.2. The van der Waals surface area contributed by atoms with E-state index in [0.717, 1.165) is 61.4 Å². The fourth-order valence-electron chi connectivity index (χ4n) is 7.87. The molecule has 7 aromatic carbocycles. The summed E-state index contributed by atoms with van der Waals surface area (Å²) >= 11 is 0. The molecule has 0 aliphatic rings. The Morgan fingerprint density at radius 3 is 1.53 bits per heavy atom. The molecule has 0 fully saturated rings. The van der Waals surface area contributed by atoms with E-state index < -0.39 is 0 Å². The highest BCUT2D eigenvalue weighted by Gasteiger charge is 2.26. The molecule has 0 N–H and O–H groups in total. The van der Waals surface area contributed by atoms with Crippen LogP contribution in [0.5, 0.6) is 0 Å². The zero-order chi connectivity index (χ0) is 36.3. The minimum atomic E-state index is 0.497. The molecule has 7 nitrogen and oxygen atoms in total. The Labute approximate surface area is 316 Å². The Morgan fingerprint density at radius 2 is 0.873 bits per heavy atom. The molecule has 0 bridgehead atoms. The predicted molar refractivity (Wildman–Crippen MR) is 221 cm³/mol. The molecule has 0 atom stereocenters. The maximum Gasteiger partial charge on any atom is 0.241 e. The monoisotopic (exact) mass is 705 g/mol. The molecule has 0 saturated carbocycles. The van der Waals surface area contributed by atoms with Gasteiger partial charge in [-0.3, -0.25) is 4.40 Å². The summed E-state index contributed by atoms with van der Waals surface area (Å²) < 4.78 is 6.69. The fourth-order valence-corrected chi connectivity index (χ4v) is 7.87. The average molecular weight is 706 g/mol. The maximum atomic E-state index is 5.49. The molecule has 0 spiro atoms. The third kappa shape index (κ3) is 4.98. The Balaban J connectivity index is 1.22. The van der Waals surface area contributed by atoms with Crippen LogP contribution in [0, 0.1) is 0 Å². The van der Waals surface area contributed by atoms with Gasteiger partial charge < -0.3 is 4.57 Å². The SMILES string of the molecule is c1ccc(-c2nc(-c3ccccc3)nc(-n3c4ccccc4n4c(-c5ccc6c(c5)c5ccccc5n6-c5ccccc5)c(-c5ccccc5)nc34)n2)cc1. The molecule has 11 rings (SSSR count). The van der Waals surface area contributed by atoms with Gasteiger partial charge in [-0.05, 0) is 42.5 Å². The Bertz CT molecular complexity index is 3120. The van der Waals surface area contributed by atoms with E-state index >= 15 is 0 Å². The van der Waals surface area contributed by atoms with Crippen LogP contribution in [0.2, 0.25) is 0 Å². The van der Waals surface area contributed by atoms with Crippen LogP contribution in [-0.4, -0.2) is 33.5 Å². The first-order valence-electron chi connectivity index (χ1n) is 18.3. The third-order valence-corrected chi connectivity index (χ3v) is 10.3. The third-order valence-electron chi connectivity index (χ3n) is 10.3. The van der Waals surface area contributed by atoms with E-state index in [1.807, 2.05) is 66.7 Å². The molecule has 0 unspecified atom stereocenters. The van der Waals surface area contributed by atoms with Gasteiger partial charge in [0.2, 0.25) is 11.7 Å². The molecule has 0 aliphatic heterocycles. The number of benzene rings is 7.